The van der Waals surface area contributed by atoms with Crippen molar-refractivity contribution in [2.24, 2.45) is 0 Å². The van der Waals surface area contributed by atoms with Crippen molar-refractivity contribution in [2.75, 3.05) is 7.11 Å². The van der Waals surface area contributed by atoms with Gasteiger partial charge in [0, 0.05) is 16.1 Å². The summed E-state index contributed by atoms with van der Waals surface area (Å²) in [6.45, 7) is 0.741. The van der Waals surface area contributed by atoms with E-state index in [1.807, 2.05) is 60.7 Å². The Balaban J connectivity index is 1.73. The van der Waals surface area contributed by atoms with Crippen molar-refractivity contribution >= 4 is 29.2 Å². The van der Waals surface area contributed by atoms with Gasteiger partial charge >= 0.3 is 5.97 Å². The van der Waals surface area contributed by atoms with Gasteiger partial charge in [-0.15, -0.1) is 0 Å². The fraction of sp³-hybridized carbons (Fsp3) is 0.174. The average Bonchev–Trinajstić information content (AvgIpc) is 2.73. The lowest BCUT2D eigenvalue weighted by atomic mass is 10.1. The molecule has 3 aromatic carbocycles. The van der Waals surface area contributed by atoms with Crippen molar-refractivity contribution in [1.29, 1.82) is 0 Å². The molecule has 0 bridgehead atoms. The molecule has 0 radical (unpaired) electrons. The zero-order valence-corrected chi connectivity index (χ0v) is 17.4. The van der Waals surface area contributed by atoms with Gasteiger partial charge in [0.25, 0.3) is 0 Å². The maximum absolute atomic E-state index is 11.7. The average molecular weight is 431 g/mol. The zero-order valence-electron chi connectivity index (χ0n) is 15.9. The highest BCUT2D eigenvalue weighted by molar-refractivity contribution is 6.30. The van der Waals surface area contributed by atoms with Crippen molar-refractivity contribution in [2.45, 2.75) is 19.6 Å². The van der Waals surface area contributed by atoms with E-state index in [0.29, 0.717) is 34.8 Å². The van der Waals surface area contributed by atoms with E-state index in [1.54, 1.807) is 6.07 Å². The summed E-state index contributed by atoms with van der Waals surface area (Å²) < 4.78 is 16.6. The maximum atomic E-state index is 11.7. The molecule has 0 aliphatic rings. The van der Waals surface area contributed by atoms with E-state index in [-0.39, 0.29) is 12.4 Å². The van der Waals surface area contributed by atoms with Crippen molar-refractivity contribution in [1.82, 2.24) is 0 Å². The van der Waals surface area contributed by atoms with Crippen molar-refractivity contribution in [3.63, 3.8) is 0 Å². The molecule has 3 rings (SSSR count). The maximum Gasteiger partial charge on any atom is 0.309 e. The van der Waals surface area contributed by atoms with Gasteiger partial charge in [0.05, 0.1) is 13.5 Å². The molecule has 0 aromatic heterocycles. The van der Waals surface area contributed by atoms with Crippen molar-refractivity contribution in [3.8, 4) is 11.5 Å². The minimum atomic E-state index is -0.330. The Morgan fingerprint density at radius 1 is 0.724 bits per heavy atom. The number of methoxy groups -OCH3 is 1. The molecule has 0 atom stereocenters. The molecule has 0 aliphatic carbocycles. The molecular weight excluding hydrogens is 411 g/mol. The summed E-state index contributed by atoms with van der Waals surface area (Å²) in [7, 11) is 1.36. The lowest BCUT2D eigenvalue weighted by Gasteiger charge is -2.13. The SMILES string of the molecule is COC(=O)Cc1cc(OCc2ccc(Cl)cc2)cc(OCc2ccc(Cl)cc2)c1. The molecule has 0 unspecified atom stereocenters. The van der Waals surface area contributed by atoms with Gasteiger partial charge in [0.1, 0.15) is 24.7 Å². The van der Waals surface area contributed by atoms with Gasteiger partial charge in [-0.1, -0.05) is 47.5 Å². The van der Waals surface area contributed by atoms with Crippen LogP contribution in [0.1, 0.15) is 16.7 Å². The van der Waals surface area contributed by atoms with Crippen LogP contribution in [0.3, 0.4) is 0 Å². The van der Waals surface area contributed by atoms with Gasteiger partial charge in [-0.2, -0.15) is 0 Å². The molecule has 0 spiro atoms. The number of carbonyl (C=O) groups is 1. The van der Waals surface area contributed by atoms with E-state index >= 15 is 0 Å². The van der Waals surface area contributed by atoms with Crippen LogP contribution in [-0.4, -0.2) is 13.1 Å². The van der Waals surface area contributed by atoms with Gasteiger partial charge in [0.15, 0.2) is 0 Å². The van der Waals surface area contributed by atoms with Crippen LogP contribution in [-0.2, 0) is 29.2 Å². The summed E-state index contributed by atoms with van der Waals surface area (Å²) in [4.78, 5) is 11.7. The molecule has 0 N–H and O–H groups in total. The molecule has 0 saturated heterocycles. The van der Waals surface area contributed by atoms with E-state index in [0.717, 1.165) is 16.7 Å². The summed E-state index contributed by atoms with van der Waals surface area (Å²) >= 11 is 11.8. The Morgan fingerprint density at radius 3 is 1.59 bits per heavy atom. The summed E-state index contributed by atoms with van der Waals surface area (Å²) in [5.74, 6) is 0.878. The van der Waals surface area contributed by atoms with Crippen LogP contribution in [0.5, 0.6) is 11.5 Å². The molecule has 0 aliphatic heterocycles. The summed E-state index contributed by atoms with van der Waals surface area (Å²) in [6.07, 6.45) is 0.131. The van der Waals surface area contributed by atoms with E-state index in [9.17, 15) is 4.79 Å². The first-order valence-corrected chi connectivity index (χ1v) is 9.72. The standard InChI is InChI=1S/C23H20Cl2O4/c1-27-23(26)12-18-10-21(28-14-16-2-6-19(24)7-3-16)13-22(11-18)29-15-17-4-8-20(25)9-5-17/h2-11,13H,12,14-15H2,1H3. The quantitative estimate of drug-likeness (QED) is 0.419. The Bertz CT molecular complexity index is 886. The van der Waals surface area contributed by atoms with Crippen LogP contribution >= 0.6 is 23.2 Å². The van der Waals surface area contributed by atoms with E-state index < -0.39 is 0 Å². The van der Waals surface area contributed by atoms with Crippen LogP contribution in [0.15, 0.2) is 66.7 Å². The fourth-order valence-corrected chi connectivity index (χ4v) is 2.88. The molecule has 4 nitrogen and oxygen atoms in total. The van der Waals surface area contributed by atoms with E-state index in [2.05, 4.69) is 0 Å². The van der Waals surface area contributed by atoms with Gasteiger partial charge in [-0.25, -0.2) is 0 Å². The first kappa shape index (κ1) is 21.0. The van der Waals surface area contributed by atoms with Crippen LogP contribution in [0, 0.1) is 0 Å². The number of halogens is 2. The van der Waals surface area contributed by atoms with Crippen LogP contribution in [0.2, 0.25) is 10.0 Å². The third-order valence-corrected chi connectivity index (χ3v) is 4.66. The first-order chi connectivity index (χ1) is 14.0. The number of esters is 1. The summed E-state index contributed by atoms with van der Waals surface area (Å²) in [6, 6.07) is 20.3. The minimum absolute atomic E-state index is 0.131. The predicted molar refractivity (Wildman–Crippen MR) is 114 cm³/mol. The Kier molecular flexibility index (Phi) is 7.39. The highest BCUT2D eigenvalue weighted by atomic mass is 35.5. The van der Waals surface area contributed by atoms with Gasteiger partial charge in [0.2, 0.25) is 0 Å². The highest BCUT2D eigenvalue weighted by Crippen LogP contribution is 2.26. The molecule has 6 heteroatoms. The summed E-state index contributed by atoms with van der Waals surface area (Å²) in [5, 5.41) is 1.35. The third kappa shape index (κ3) is 6.70. The fourth-order valence-electron chi connectivity index (χ4n) is 2.63. The zero-order chi connectivity index (χ0) is 20.6. The number of hydrogen-bond donors (Lipinski definition) is 0. The Labute approximate surface area is 179 Å². The van der Waals surface area contributed by atoms with Crippen LogP contribution in [0.4, 0.5) is 0 Å². The minimum Gasteiger partial charge on any atom is -0.489 e. The van der Waals surface area contributed by atoms with Crippen molar-refractivity contribution < 1.29 is 19.0 Å². The molecule has 0 heterocycles. The number of carbonyl (C=O) groups excluding carboxylic acids is 1. The molecular formula is C23H20Cl2O4. The number of benzene rings is 3. The predicted octanol–water partition coefficient (Wildman–Crippen LogP) is 5.87. The topological polar surface area (TPSA) is 44.8 Å². The lowest BCUT2D eigenvalue weighted by molar-refractivity contribution is -0.139. The van der Waals surface area contributed by atoms with Crippen molar-refractivity contribution in [3.05, 3.63) is 93.5 Å². The number of ether oxygens (including phenoxy) is 3. The molecule has 0 amide bonds. The lowest BCUT2D eigenvalue weighted by Crippen LogP contribution is -2.06. The van der Waals surface area contributed by atoms with Gasteiger partial charge in [-0.3, -0.25) is 4.79 Å². The van der Waals surface area contributed by atoms with Gasteiger partial charge < -0.3 is 14.2 Å². The van der Waals surface area contributed by atoms with Crippen LogP contribution in [0.25, 0.3) is 0 Å². The highest BCUT2D eigenvalue weighted by Gasteiger charge is 2.09. The van der Waals surface area contributed by atoms with Crippen LogP contribution < -0.4 is 9.47 Å². The normalized spacial score (nSPS) is 10.4. The van der Waals surface area contributed by atoms with E-state index in [4.69, 9.17) is 37.4 Å². The second-order valence-electron chi connectivity index (χ2n) is 6.40. The molecule has 3 aromatic rings. The monoisotopic (exact) mass is 430 g/mol. The molecule has 0 saturated carbocycles. The molecule has 0 fully saturated rings. The number of rotatable bonds is 8. The largest absolute Gasteiger partial charge is 0.489 e. The summed E-state index contributed by atoms with van der Waals surface area (Å²) in [5.41, 5.74) is 2.71. The number of hydrogen-bond acceptors (Lipinski definition) is 4. The smallest absolute Gasteiger partial charge is 0.309 e. The first-order valence-electron chi connectivity index (χ1n) is 8.97. The second kappa shape index (κ2) is 10.2. The molecule has 29 heavy (non-hydrogen) atoms. The Morgan fingerprint density at radius 2 is 1.17 bits per heavy atom. The van der Waals surface area contributed by atoms with E-state index in [1.165, 1.54) is 7.11 Å². The molecule has 150 valence electrons. The second-order valence-corrected chi connectivity index (χ2v) is 7.27. The Hall–Kier alpha value is -2.69. The van der Waals surface area contributed by atoms with Gasteiger partial charge in [-0.05, 0) is 53.1 Å². The third-order valence-electron chi connectivity index (χ3n) is 4.15.